The molecular formula is C16H26N2O. The van der Waals surface area contributed by atoms with Gasteiger partial charge in [0.1, 0.15) is 5.41 Å². The van der Waals surface area contributed by atoms with Gasteiger partial charge in [0.15, 0.2) is 0 Å². The zero-order valence-corrected chi connectivity index (χ0v) is 12.2. The molecule has 2 aliphatic rings. The van der Waals surface area contributed by atoms with E-state index in [4.69, 9.17) is 0 Å². The lowest BCUT2D eigenvalue weighted by Gasteiger charge is -2.29. The van der Waals surface area contributed by atoms with Gasteiger partial charge in [-0.25, -0.2) is 0 Å². The summed E-state index contributed by atoms with van der Waals surface area (Å²) in [5.74, 6) is 1.49. The number of amides is 1. The fourth-order valence-electron chi connectivity index (χ4n) is 4.10. The molecule has 3 heteroatoms. The number of carbonyl (C=O) groups is 1. The molecule has 0 aromatic heterocycles. The van der Waals surface area contributed by atoms with Crippen LogP contribution >= 0.6 is 0 Å². The van der Waals surface area contributed by atoms with Gasteiger partial charge in [-0.15, -0.1) is 0 Å². The third-order valence-electron chi connectivity index (χ3n) is 5.06. The number of carbonyl (C=O) groups excluding carboxylic acids is 1. The fourth-order valence-corrected chi connectivity index (χ4v) is 4.10. The van der Waals surface area contributed by atoms with Gasteiger partial charge in [-0.3, -0.25) is 4.79 Å². The first-order chi connectivity index (χ1) is 9.15. The van der Waals surface area contributed by atoms with Crippen molar-refractivity contribution in [3.8, 4) is 6.07 Å². The van der Waals surface area contributed by atoms with Crippen molar-refractivity contribution in [1.82, 2.24) is 5.32 Å². The summed E-state index contributed by atoms with van der Waals surface area (Å²) in [6.45, 7) is 4.10. The van der Waals surface area contributed by atoms with E-state index in [-0.39, 0.29) is 5.91 Å². The molecule has 0 aromatic rings. The number of fused-ring (bicyclic) bond motifs is 2. The molecule has 2 saturated carbocycles. The summed E-state index contributed by atoms with van der Waals surface area (Å²) < 4.78 is 0. The topological polar surface area (TPSA) is 52.9 Å². The Kier molecular flexibility index (Phi) is 4.50. The van der Waals surface area contributed by atoms with Crippen LogP contribution in [0.25, 0.3) is 0 Å². The lowest BCUT2D eigenvalue weighted by Crippen LogP contribution is -2.46. The van der Waals surface area contributed by atoms with Crippen molar-refractivity contribution >= 4 is 5.91 Å². The van der Waals surface area contributed by atoms with Crippen molar-refractivity contribution in [1.29, 1.82) is 5.26 Å². The minimum Gasteiger partial charge on any atom is -0.352 e. The van der Waals surface area contributed by atoms with Crippen molar-refractivity contribution in [2.75, 3.05) is 0 Å². The van der Waals surface area contributed by atoms with Crippen molar-refractivity contribution in [3.63, 3.8) is 0 Å². The highest BCUT2D eigenvalue weighted by Crippen LogP contribution is 2.45. The molecule has 2 bridgehead atoms. The second-order valence-electron chi connectivity index (χ2n) is 6.45. The number of nitrogens with zero attached hydrogens (tertiary/aromatic N) is 1. The molecule has 2 fully saturated rings. The lowest BCUT2D eigenvalue weighted by atomic mass is 9.79. The number of hydrogen-bond donors (Lipinski definition) is 1. The molecule has 19 heavy (non-hydrogen) atoms. The molecule has 1 amide bonds. The van der Waals surface area contributed by atoms with Crippen LogP contribution in [-0.2, 0) is 4.79 Å². The Balaban J connectivity index is 2.01. The Hall–Kier alpha value is -1.04. The summed E-state index contributed by atoms with van der Waals surface area (Å²) >= 11 is 0. The third kappa shape index (κ3) is 2.78. The molecule has 2 rings (SSSR count). The van der Waals surface area contributed by atoms with Crippen molar-refractivity contribution in [2.24, 2.45) is 17.3 Å². The van der Waals surface area contributed by atoms with E-state index >= 15 is 0 Å². The van der Waals surface area contributed by atoms with Crippen LogP contribution in [0.5, 0.6) is 0 Å². The van der Waals surface area contributed by atoms with Crippen LogP contribution in [0.3, 0.4) is 0 Å². The highest BCUT2D eigenvalue weighted by atomic mass is 16.2. The van der Waals surface area contributed by atoms with Crippen LogP contribution in [0.15, 0.2) is 0 Å². The van der Waals surface area contributed by atoms with E-state index < -0.39 is 5.41 Å². The van der Waals surface area contributed by atoms with E-state index in [0.29, 0.717) is 24.8 Å². The second kappa shape index (κ2) is 5.94. The zero-order chi connectivity index (χ0) is 13.9. The first-order valence-electron chi connectivity index (χ1n) is 7.87. The van der Waals surface area contributed by atoms with Crippen LogP contribution < -0.4 is 5.32 Å². The maximum Gasteiger partial charge on any atom is 0.240 e. The van der Waals surface area contributed by atoms with Gasteiger partial charge in [-0.05, 0) is 43.9 Å². The number of rotatable bonds is 6. The molecule has 3 nitrogen and oxygen atoms in total. The molecule has 106 valence electrons. The number of hydrogen-bond acceptors (Lipinski definition) is 2. The summed E-state index contributed by atoms with van der Waals surface area (Å²) in [5, 5.41) is 12.7. The van der Waals surface area contributed by atoms with Crippen LogP contribution in [0, 0.1) is 28.6 Å². The summed E-state index contributed by atoms with van der Waals surface area (Å²) in [6.07, 6.45) is 8.16. The Morgan fingerprint density at radius 1 is 1.26 bits per heavy atom. The molecule has 3 atom stereocenters. The maximum atomic E-state index is 12.6. The fraction of sp³-hybridized carbons (Fsp3) is 0.875. The standard InChI is InChI=1S/C16H26N2O/c1-3-7-16(11-17,8-4-2)15(19)18-14-10-12-5-6-13(14)9-12/h12-14H,3-10H2,1-2H3,(H,18,19). The van der Waals surface area contributed by atoms with Gasteiger partial charge in [0.2, 0.25) is 5.91 Å². The van der Waals surface area contributed by atoms with Gasteiger partial charge in [0.05, 0.1) is 6.07 Å². The molecule has 2 aliphatic carbocycles. The molecule has 3 unspecified atom stereocenters. The molecule has 0 spiro atoms. The van der Waals surface area contributed by atoms with E-state index in [9.17, 15) is 10.1 Å². The highest BCUT2D eigenvalue weighted by molar-refractivity contribution is 5.85. The van der Waals surface area contributed by atoms with Crippen LogP contribution in [-0.4, -0.2) is 11.9 Å². The molecule has 0 heterocycles. The van der Waals surface area contributed by atoms with Gasteiger partial charge >= 0.3 is 0 Å². The molecule has 1 N–H and O–H groups in total. The van der Waals surface area contributed by atoms with Gasteiger partial charge in [-0.1, -0.05) is 33.1 Å². The van der Waals surface area contributed by atoms with Crippen molar-refractivity contribution in [2.45, 2.75) is 71.3 Å². The van der Waals surface area contributed by atoms with Crippen LogP contribution in [0.1, 0.15) is 65.2 Å². The zero-order valence-electron chi connectivity index (χ0n) is 12.2. The predicted molar refractivity (Wildman–Crippen MR) is 75.2 cm³/mol. The van der Waals surface area contributed by atoms with E-state index in [1.54, 1.807) is 0 Å². The van der Waals surface area contributed by atoms with E-state index in [2.05, 4.69) is 11.4 Å². The lowest BCUT2D eigenvalue weighted by molar-refractivity contribution is -0.130. The van der Waals surface area contributed by atoms with Crippen LogP contribution in [0.4, 0.5) is 0 Å². The highest BCUT2D eigenvalue weighted by Gasteiger charge is 2.44. The smallest absolute Gasteiger partial charge is 0.240 e. The Labute approximate surface area is 116 Å². The van der Waals surface area contributed by atoms with Gasteiger partial charge in [0.25, 0.3) is 0 Å². The average Bonchev–Trinajstić information content (AvgIpc) is 3.00. The third-order valence-corrected chi connectivity index (χ3v) is 5.06. The molecular weight excluding hydrogens is 236 g/mol. The Morgan fingerprint density at radius 2 is 1.95 bits per heavy atom. The second-order valence-corrected chi connectivity index (χ2v) is 6.45. The largest absolute Gasteiger partial charge is 0.352 e. The predicted octanol–water partition coefficient (Wildman–Crippen LogP) is 3.40. The number of nitriles is 1. The van der Waals surface area contributed by atoms with Crippen LogP contribution in [0.2, 0.25) is 0 Å². The number of nitrogens with one attached hydrogen (secondary N) is 1. The first-order valence-corrected chi connectivity index (χ1v) is 7.87. The minimum atomic E-state index is -0.786. The summed E-state index contributed by atoms with van der Waals surface area (Å²) in [7, 11) is 0. The quantitative estimate of drug-likeness (QED) is 0.797. The Bertz CT molecular complexity index is 365. The van der Waals surface area contributed by atoms with Gasteiger partial charge in [-0.2, -0.15) is 5.26 Å². The summed E-state index contributed by atoms with van der Waals surface area (Å²) in [5.41, 5.74) is -0.786. The minimum absolute atomic E-state index is 0.00347. The van der Waals surface area contributed by atoms with Crippen molar-refractivity contribution < 1.29 is 4.79 Å². The van der Waals surface area contributed by atoms with E-state index in [1.807, 2.05) is 13.8 Å². The summed E-state index contributed by atoms with van der Waals surface area (Å²) in [4.78, 5) is 12.6. The SMILES string of the molecule is CCCC(C#N)(CCC)C(=O)NC1CC2CCC1C2. The van der Waals surface area contributed by atoms with Crippen molar-refractivity contribution in [3.05, 3.63) is 0 Å². The first kappa shape index (κ1) is 14.4. The Morgan fingerprint density at radius 3 is 2.37 bits per heavy atom. The average molecular weight is 262 g/mol. The molecule has 0 saturated heterocycles. The van der Waals surface area contributed by atoms with Gasteiger partial charge < -0.3 is 5.32 Å². The molecule has 0 aliphatic heterocycles. The van der Waals surface area contributed by atoms with Gasteiger partial charge in [0, 0.05) is 6.04 Å². The van der Waals surface area contributed by atoms with E-state index in [1.165, 1.54) is 19.3 Å². The maximum absolute atomic E-state index is 12.6. The van der Waals surface area contributed by atoms with E-state index in [0.717, 1.165) is 25.2 Å². The normalized spacial score (nSPS) is 29.2. The summed E-state index contributed by atoms with van der Waals surface area (Å²) in [6, 6.07) is 2.66. The monoisotopic (exact) mass is 262 g/mol. The molecule has 0 radical (unpaired) electrons. The molecule has 0 aromatic carbocycles.